The SMILES string of the molecule is SC(NC1CC=Cc2ccc3cc(-c4ccc(N(c5ccc(-c6ccccc6)cc5)c5ccc(-c6ccccc6)cc5)cc4)ccc3c21)c1ccccc1. The Hall–Kier alpha value is -6.13. The maximum Gasteiger partial charge on any atom is 0.0764 e. The van der Waals surface area contributed by atoms with E-state index in [1.807, 2.05) is 6.07 Å². The van der Waals surface area contributed by atoms with Gasteiger partial charge in [0.1, 0.15) is 0 Å². The van der Waals surface area contributed by atoms with Gasteiger partial charge in [-0.3, -0.25) is 5.32 Å². The summed E-state index contributed by atoms with van der Waals surface area (Å²) < 4.78 is 0. The molecule has 0 aliphatic heterocycles. The highest BCUT2D eigenvalue weighted by atomic mass is 32.1. The molecule has 3 heteroatoms. The summed E-state index contributed by atoms with van der Waals surface area (Å²) in [4.78, 5) is 2.34. The van der Waals surface area contributed by atoms with Crippen LogP contribution in [0.25, 0.3) is 50.2 Å². The second-order valence-corrected chi connectivity index (χ2v) is 14.4. The van der Waals surface area contributed by atoms with Gasteiger partial charge in [0.05, 0.1) is 5.37 Å². The Kier molecular flexibility index (Phi) is 9.41. The second-order valence-electron chi connectivity index (χ2n) is 13.9. The molecule has 0 bridgehead atoms. The lowest BCUT2D eigenvalue weighted by Gasteiger charge is -2.28. The van der Waals surface area contributed by atoms with Gasteiger partial charge in [0.15, 0.2) is 0 Å². The highest BCUT2D eigenvalue weighted by Crippen LogP contribution is 2.40. The molecule has 0 aromatic heterocycles. The van der Waals surface area contributed by atoms with E-state index in [1.54, 1.807) is 0 Å². The number of nitrogens with one attached hydrogen (secondary N) is 1. The molecule has 0 amide bonds. The fourth-order valence-electron chi connectivity index (χ4n) is 7.72. The van der Waals surface area contributed by atoms with Crippen molar-refractivity contribution in [3.05, 3.63) is 217 Å². The van der Waals surface area contributed by atoms with E-state index < -0.39 is 0 Å². The van der Waals surface area contributed by atoms with Crippen LogP contribution in [0.2, 0.25) is 0 Å². The zero-order valence-electron chi connectivity index (χ0n) is 29.9. The topological polar surface area (TPSA) is 15.3 Å². The van der Waals surface area contributed by atoms with E-state index >= 15 is 0 Å². The number of anilines is 3. The summed E-state index contributed by atoms with van der Waals surface area (Å²) in [6.45, 7) is 0. The van der Waals surface area contributed by atoms with Crippen molar-refractivity contribution in [3.63, 3.8) is 0 Å². The van der Waals surface area contributed by atoms with E-state index in [4.69, 9.17) is 12.6 Å². The molecule has 8 aromatic carbocycles. The average Bonchev–Trinajstić information content (AvgIpc) is 3.25. The van der Waals surface area contributed by atoms with Crippen LogP contribution in [0.4, 0.5) is 17.1 Å². The van der Waals surface area contributed by atoms with Gasteiger partial charge in [0.2, 0.25) is 0 Å². The molecule has 0 saturated carbocycles. The van der Waals surface area contributed by atoms with Crippen LogP contribution in [0.1, 0.15) is 34.5 Å². The second kappa shape index (κ2) is 15.1. The van der Waals surface area contributed by atoms with Crippen molar-refractivity contribution in [3.8, 4) is 33.4 Å². The Morgan fingerprint density at radius 1 is 0.481 bits per heavy atom. The maximum atomic E-state index is 4.95. The highest BCUT2D eigenvalue weighted by molar-refractivity contribution is 7.80. The minimum absolute atomic E-state index is 0.0493. The Morgan fingerprint density at radius 3 is 1.48 bits per heavy atom. The Bertz CT molecular complexity index is 2450. The fourth-order valence-corrected chi connectivity index (χ4v) is 8.08. The van der Waals surface area contributed by atoms with Crippen molar-refractivity contribution in [1.29, 1.82) is 0 Å². The monoisotopic (exact) mass is 712 g/mol. The van der Waals surface area contributed by atoms with Crippen molar-refractivity contribution in [1.82, 2.24) is 5.32 Å². The van der Waals surface area contributed by atoms with Gasteiger partial charge in [0, 0.05) is 23.1 Å². The lowest BCUT2D eigenvalue weighted by atomic mass is 9.87. The third-order valence-corrected chi connectivity index (χ3v) is 11.0. The van der Waals surface area contributed by atoms with Gasteiger partial charge in [-0.25, -0.2) is 0 Å². The maximum absolute atomic E-state index is 4.95. The van der Waals surface area contributed by atoms with Gasteiger partial charge in [0.25, 0.3) is 0 Å². The first kappa shape index (κ1) is 33.7. The molecule has 2 atom stereocenters. The van der Waals surface area contributed by atoms with Crippen LogP contribution >= 0.6 is 12.6 Å². The molecule has 1 aliphatic rings. The van der Waals surface area contributed by atoms with Crippen molar-refractivity contribution in [2.45, 2.75) is 17.8 Å². The molecule has 54 heavy (non-hydrogen) atoms. The number of rotatable bonds is 9. The number of benzene rings is 8. The molecule has 1 N–H and O–H groups in total. The van der Waals surface area contributed by atoms with Gasteiger partial charge in [-0.2, -0.15) is 12.6 Å². The number of hydrogen-bond acceptors (Lipinski definition) is 3. The molecule has 0 fully saturated rings. The Labute approximate surface area is 323 Å². The van der Waals surface area contributed by atoms with Gasteiger partial charge in [-0.05, 0) is 110 Å². The van der Waals surface area contributed by atoms with Crippen molar-refractivity contribution in [2.75, 3.05) is 4.90 Å². The number of thiol groups is 1. The van der Waals surface area contributed by atoms with Crippen LogP contribution in [-0.2, 0) is 0 Å². The van der Waals surface area contributed by atoms with E-state index in [1.165, 1.54) is 60.8 Å². The van der Waals surface area contributed by atoms with E-state index in [2.05, 4.69) is 210 Å². The van der Waals surface area contributed by atoms with Crippen LogP contribution in [0.15, 0.2) is 200 Å². The Balaban J connectivity index is 1.03. The third kappa shape index (κ3) is 6.88. The molecule has 9 rings (SSSR count). The summed E-state index contributed by atoms with van der Waals surface area (Å²) >= 11 is 4.95. The minimum atomic E-state index is -0.0493. The molecule has 260 valence electrons. The van der Waals surface area contributed by atoms with Crippen LogP contribution in [-0.4, -0.2) is 0 Å². The predicted molar refractivity (Wildman–Crippen MR) is 233 cm³/mol. The Morgan fingerprint density at radius 2 is 0.944 bits per heavy atom. The summed E-state index contributed by atoms with van der Waals surface area (Å²) in [5.41, 5.74) is 14.3. The van der Waals surface area contributed by atoms with Gasteiger partial charge in [-0.15, -0.1) is 0 Å². The molecule has 8 aromatic rings. The summed E-state index contributed by atoms with van der Waals surface area (Å²) in [6, 6.07) is 69.9. The number of hydrogen-bond donors (Lipinski definition) is 2. The summed E-state index contributed by atoms with van der Waals surface area (Å²) in [7, 11) is 0. The molecular formula is C51H40N2S. The number of nitrogens with zero attached hydrogens (tertiary/aromatic N) is 1. The van der Waals surface area contributed by atoms with Crippen LogP contribution < -0.4 is 10.2 Å². The average molecular weight is 713 g/mol. The van der Waals surface area contributed by atoms with Crippen molar-refractivity contribution < 1.29 is 0 Å². The quantitative estimate of drug-likeness (QED) is 0.114. The van der Waals surface area contributed by atoms with Crippen molar-refractivity contribution >= 4 is 46.5 Å². The fraction of sp³-hybridized carbons (Fsp3) is 0.0588. The molecule has 1 aliphatic carbocycles. The first-order chi connectivity index (χ1) is 26.7. The molecule has 0 saturated heterocycles. The third-order valence-electron chi connectivity index (χ3n) is 10.5. The molecule has 2 unspecified atom stereocenters. The lowest BCUT2D eigenvalue weighted by Crippen LogP contribution is -2.25. The van der Waals surface area contributed by atoms with E-state index in [9.17, 15) is 0 Å². The number of fused-ring (bicyclic) bond motifs is 3. The highest BCUT2D eigenvalue weighted by Gasteiger charge is 2.22. The van der Waals surface area contributed by atoms with Gasteiger partial charge in [-0.1, -0.05) is 164 Å². The van der Waals surface area contributed by atoms with Crippen molar-refractivity contribution in [2.24, 2.45) is 0 Å². The summed E-state index contributed by atoms with van der Waals surface area (Å²) in [6.07, 6.45) is 5.46. The van der Waals surface area contributed by atoms with E-state index in [0.717, 1.165) is 23.5 Å². The summed E-state index contributed by atoms with van der Waals surface area (Å²) in [5, 5.41) is 6.28. The van der Waals surface area contributed by atoms with Gasteiger partial charge >= 0.3 is 0 Å². The standard InChI is InChI=1S/C51H40N2S/c54-51(42-15-8-3-9-16-42)52-49-18-10-17-41-19-20-44-35-43(27-34-48(44)50(41)49)40-25-32-47(33-26-40)53(45-28-21-38(22-29-45)36-11-4-1-5-12-36)46-30-23-39(24-31-46)37-13-6-2-7-14-37/h1-17,19-35,49,51-52,54H,18H2. The normalized spacial score (nSPS) is 14.1. The first-order valence-electron chi connectivity index (χ1n) is 18.6. The lowest BCUT2D eigenvalue weighted by molar-refractivity contribution is 0.532. The largest absolute Gasteiger partial charge is 0.311 e. The minimum Gasteiger partial charge on any atom is -0.311 e. The van der Waals surface area contributed by atoms with Crippen LogP contribution in [0.3, 0.4) is 0 Å². The first-order valence-corrected chi connectivity index (χ1v) is 19.1. The molecule has 0 heterocycles. The predicted octanol–water partition coefficient (Wildman–Crippen LogP) is 14.0. The van der Waals surface area contributed by atoms with Gasteiger partial charge < -0.3 is 4.90 Å². The van der Waals surface area contributed by atoms with Crippen LogP contribution in [0, 0.1) is 0 Å². The molecule has 0 spiro atoms. The smallest absolute Gasteiger partial charge is 0.0764 e. The molecule has 0 radical (unpaired) electrons. The van der Waals surface area contributed by atoms with Crippen LogP contribution in [0.5, 0.6) is 0 Å². The molecular weight excluding hydrogens is 673 g/mol. The van der Waals surface area contributed by atoms with E-state index in [-0.39, 0.29) is 11.4 Å². The van der Waals surface area contributed by atoms with E-state index in [0.29, 0.717) is 0 Å². The zero-order valence-corrected chi connectivity index (χ0v) is 30.8. The molecule has 2 nitrogen and oxygen atoms in total. The zero-order chi connectivity index (χ0) is 36.3. The summed E-state index contributed by atoms with van der Waals surface area (Å²) in [5.74, 6) is 0.